The van der Waals surface area contributed by atoms with Gasteiger partial charge >= 0.3 is 12.1 Å². The summed E-state index contributed by atoms with van der Waals surface area (Å²) in [4.78, 5) is 56.1. The Morgan fingerprint density at radius 1 is 1.17 bits per heavy atom. The van der Waals surface area contributed by atoms with Gasteiger partial charge in [-0.05, 0) is 59.0 Å². The predicted molar refractivity (Wildman–Crippen MR) is 148 cm³/mol. The van der Waals surface area contributed by atoms with E-state index >= 15 is 0 Å². The van der Waals surface area contributed by atoms with Crippen molar-refractivity contribution in [2.24, 2.45) is 28.1 Å². The van der Waals surface area contributed by atoms with Crippen LogP contribution >= 0.6 is 0 Å². The molecule has 3 aliphatic rings. The van der Waals surface area contributed by atoms with Crippen LogP contribution in [-0.4, -0.2) is 58.5 Å². The highest BCUT2D eigenvalue weighted by atomic mass is 19.4. The number of nitriles is 1. The summed E-state index contributed by atoms with van der Waals surface area (Å²) in [5, 5.41) is 14.4. The van der Waals surface area contributed by atoms with Crippen molar-refractivity contribution in [2.75, 3.05) is 6.54 Å². The molecule has 3 amide bonds. The van der Waals surface area contributed by atoms with Crippen LogP contribution in [0.3, 0.4) is 0 Å². The summed E-state index contributed by atoms with van der Waals surface area (Å²) in [6.07, 6.45) is -2.77. The fourth-order valence-corrected chi connectivity index (χ4v) is 6.71. The number of carbonyl (C=O) groups is 3. The van der Waals surface area contributed by atoms with Crippen molar-refractivity contribution in [2.45, 2.75) is 98.5 Å². The second-order valence-corrected chi connectivity index (χ2v) is 14.5. The number of piperidine rings is 1. The molecule has 3 N–H and O–H groups in total. The molecule has 5 atom stereocenters. The molecule has 9 nitrogen and oxygen atoms in total. The van der Waals surface area contributed by atoms with Gasteiger partial charge < -0.3 is 20.5 Å². The van der Waals surface area contributed by atoms with E-state index < -0.39 is 47.4 Å². The van der Waals surface area contributed by atoms with Crippen LogP contribution in [0, 0.1) is 39.4 Å². The van der Waals surface area contributed by atoms with Gasteiger partial charge in [0.2, 0.25) is 11.8 Å². The number of likely N-dealkylation sites (tertiary alicyclic amines) is 1. The number of fused-ring (bicyclic) bond motifs is 2. The molecule has 1 saturated carbocycles. The Labute approximate surface area is 243 Å². The molecule has 1 aliphatic heterocycles. The minimum Gasteiger partial charge on any atom is -0.338 e. The molecule has 1 unspecified atom stereocenters. The number of carbonyl (C=O) groups excluding carboxylic acids is 3. The predicted octanol–water partition coefficient (Wildman–Crippen LogP) is 3.02. The van der Waals surface area contributed by atoms with E-state index in [9.17, 15) is 37.6 Å². The van der Waals surface area contributed by atoms with Crippen LogP contribution in [-0.2, 0) is 33.6 Å². The van der Waals surface area contributed by atoms with Gasteiger partial charge in [-0.3, -0.25) is 19.2 Å². The molecule has 0 radical (unpaired) electrons. The molecule has 12 heteroatoms. The first-order valence-corrected chi connectivity index (χ1v) is 14.3. The highest BCUT2D eigenvalue weighted by Crippen LogP contribution is 2.65. The number of aromatic nitrogens is 1. The smallest absolute Gasteiger partial charge is 0.338 e. The summed E-state index contributed by atoms with van der Waals surface area (Å²) in [5.74, 6) is -3.97. The van der Waals surface area contributed by atoms with E-state index in [2.05, 4.69) is 24.1 Å². The van der Waals surface area contributed by atoms with Crippen LogP contribution in [0.15, 0.2) is 10.9 Å². The van der Waals surface area contributed by atoms with Gasteiger partial charge in [0, 0.05) is 24.2 Å². The lowest BCUT2D eigenvalue weighted by Crippen LogP contribution is -2.61. The lowest BCUT2D eigenvalue weighted by Gasteiger charge is -2.37. The number of rotatable bonds is 6. The fourth-order valence-electron chi connectivity index (χ4n) is 6.71. The van der Waals surface area contributed by atoms with Crippen molar-refractivity contribution in [3.05, 3.63) is 33.2 Å². The quantitative estimate of drug-likeness (QED) is 0.468. The van der Waals surface area contributed by atoms with Crippen molar-refractivity contribution in [3.8, 4) is 6.07 Å². The van der Waals surface area contributed by atoms with Gasteiger partial charge in [0.15, 0.2) is 0 Å². The summed E-state index contributed by atoms with van der Waals surface area (Å²) in [5.41, 5.74) is 0.625. The Kier molecular flexibility index (Phi) is 7.83. The first-order valence-electron chi connectivity index (χ1n) is 14.3. The molecule has 2 aliphatic carbocycles. The fraction of sp³-hybridized carbons (Fsp3) is 0.700. The van der Waals surface area contributed by atoms with Crippen molar-refractivity contribution in [1.29, 1.82) is 5.26 Å². The number of nitrogens with zero attached hydrogens (tertiary/aromatic N) is 2. The molecule has 0 aromatic carbocycles. The summed E-state index contributed by atoms with van der Waals surface area (Å²) in [7, 11) is 0. The molecule has 1 aromatic heterocycles. The Bertz CT molecular complexity index is 1380. The number of aryl methyl sites for hydroxylation is 1. The highest BCUT2D eigenvalue weighted by molar-refractivity contribution is 5.95. The number of halogens is 3. The average molecular weight is 592 g/mol. The van der Waals surface area contributed by atoms with E-state index in [-0.39, 0.29) is 41.2 Å². The van der Waals surface area contributed by atoms with Gasteiger partial charge in [0.1, 0.15) is 18.1 Å². The van der Waals surface area contributed by atoms with E-state index in [0.29, 0.717) is 5.56 Å². The van der Waals surface area contributed by atoms with E-state index in [4.69, 9.17) is 0 Å². The average Bonchev–Trinajstić information content (AvgIpc) is 3.18. The Balaban J connectivity index is 1.55. The molecule has 2 fully saturated rings. The van der Waals surface area contributed by atoms with Crippen molar-refractivity contribution < 1.29 is 27.6 Å². The molecule has 1 saturated heterocycles. The van der Waals surface area contributed by atoms with Crippen LogP contribution in [0.25, 0.3) is 0 Å². The first kappa shape index (κ1) is 31.6. The second-order valence-electron chi connectivity index (χ2n) is 14.5. The van der Waals surface area contributed by atoms with Crippen LogP contribution < -0.4 is 16.2 Å². The Morgan fingerprint density at radius 2 is 1.81 bits per heavy atom. The zero-order valence-electron chi connectivity index (χ0n) is 25.2. The Hall–Kier alpha value is -3.36. The van der Waals surface area contributed by atoms with E-state index in [1.54, 1.807) is 6.07 Å². The number of hydrogen-bond donors (Lipinski definition) is 3. The molecule has 0 bridgehead atoms. The largest absolute Gasteiger partial charge is 0.471 e. The molecule has 1 aromatic rings. The minimum absolute atomic E-state index is 0.0459. The van der Waals surface area contributed by atoms with E-state index in [1.165, 1.54) is 25.7 Å². The number of alkyl halides is 3. The van der Waals surface area contributed by atoms with Crippen LogP contribution in [0.5, 0.6) is 0 Å². The maximum Gasteiger partial charge on any atom is 0.471 e. The van der Waals surface area contributed by atoms with Gasteiger partial charge in [-0.2, -0.15) is 18.4 Å². The van der Waals surface area contributed by atoms with Crippen molar-refractivity contribution in [3.63, 3.8) is 0 Å². The molecule has 230 valence electrons. The normalized spacial score (nSPS) is 25.4. The van der Waals surface area contributed by atoms with Gasteiger partial charge in [0.25, 0.3) is 5.56 Å². The topological polar surface area (TPSA) is 135 Å². The second kappa shape index (κ2) is 10.4. The number of H-pyrrole nitrogens is 1. The molecule has 42 heavy (non-hydrogen) atoms. The van der Waals surface area contributed by atoms with Crippen LogP contribution in [0.4, 0.5) is 13.2 Å². The van der Waals surface area contributed by atoms with E-state index in [0.717, 1.165) is 30.5 Å². The monoisotopic (exact) mass is 591 g/mol. The minimum atomic E-state index is -5.18. The number of hydrogen-bond acceptors (Lipinski definition) is 5. The number of aromatic amines is 1. The molecule has 4 rings (SSSR count). The third kappa shape index (κ3) is 6.06. The number of pyridine rings is 1. The zero-order chi connectivity index (χ0) is 31.6. The van der Waals surface area contributed by atoms with Crippen LogP contribution in [0.1, 0.15) is 71.7 Å². The maximum atomic E-state index is 13.7. The van der Waals surface area contributed by atoms with E-state index in [1.807, 2.05) is 25.2 Å². The van der Waals surface area contributed by atoms with Crippen molar-refractivity contribution >= 4 is 17.7 Å². The van der Waals surface area contributed by atoms with Gasteiger partial charge in [0.05, 0.1) is 6.07 Å². The summed E-state index contributed by atoms with van der Waals surface area (Å²) >= 11 is 0. The van der Waals surface area contributed by atoms with Gasteiger partial charge in [-0.1, -0.05) is 48.5 Å². The third-order valence-corrected chi connectivity index (χ3v) is 9.32. The molecular formula is C30H40F3N5O4. The Morgan fingerprint density at radius 3 is 2.38 bits per heavy atom. The zero-order valence-corrected chi connectivity index (χ0v) is 25.2. The lowest BCUT2D eigenvalue weighted by atomic mass is 9.75. The first-order chi connectivity index (χ1) is 19.2. The number of nitrogens with one attached hydrogen (secondary N) is 3. The molecular weight excluding hydrogens is 551 g/mol. The third-order valence-electron chi connectivity index (χ3n) is 9.32. The molecule has 0 spiro atoms. The maximum absolute atomic E-state index is 13.7. The van der Waals surface area contributed by atoms with Gasteiger partial charge in [-0.15, -0.1) is 0 Å². The molecule has 2 heterocycles. The summed E-state index contributed by atoms with van der Waals surface area (Å²) < 4.78 is 39.2. The number of amides is 3. The standard InChI is InChI=1S/C30H40F3N5O4/c1-27(2,3)22(37-26(42)30(31,32)33)25(41)38-14-18-20(29(18,6)7)21(38)24(40)35-17(13-34)11-15-10-16-12-28(4,5)9-8-19(16)36-23(15)39/h10,17-18,20-22H,8-9,11-12,14H2,1-7H3,(H,35,40)(H,36,39)(H,37,42)/t17?,18-,20-,21-,22+/m0/s1. The highest BCUT2D eigenvalue weighted by Gasteiger charge is 2.70. The van der Waals surface area contributed by atoms with Crippen molar-refractivity contribution in [1.82, 2.24) is 20.5 Å². The SMILES string of the molecule is CC1(C)CCc2[nH]c(=O)c(CC(C#N)NC(=O)[C@@H]3[C@@H]4[C@H](CN3C(=O)[C@@H](NC(=O)C(F)(F)F)C(C)(C)C)C4(C)C)cc2C1. The lowest BCUT2D eigenvalue weighted by molar-refractivity contribution is -0.176. The van der Waals surface area contributed by atoms with Crippen LogP contribution in [0.2, 0.25) is 0 Å². The van der Waals surface area contributed by atoms with Gasteiger partial charge in [-0.25, -0.2) is 0 Å². The summed E-state index contributed by atoms with van der Waals surface area (Å²) in [6, 6.07) is 0.194. The summed E-state index contributed by atoms with van der Waals surface area (Å²) in [6.45, 7) is 12.9.